The lowest BCUT2D eigenvalue weighted by atomic mass is 9.94. The molecule has 0 spiro atoms. The summed E-state index contributed by atoms with van der Waals surface area (Å²) in [6, 6.07) is 0. The predicted molar refractivity (Wildman–Crippen MR) is 78.4 cm³/mol. The van der Waals surface area contributed by atoms with Crippen LogP contribution in [0.15, 0.2) is 0 Å². The van der Waals surface area contributed by atoms with Gasteiger partial charge in [-0.2, -0.15) is 0 Å². The van der Waals surface area contributed by atoms with Crippen molar-refractivity contribution in [3.63, 3.8) is 0 Å². The second-order valence-corrected chi connectivity index (χ2v) is 5.26. The standard InChI is InChI=1S/C15H32N2O/c1-4-7-14(10-11-16)8-9-15(18)17-12-13(5-2)6-3/h13-14H,4-12,16H2,1-3H3,(H,17,18). The highest BCUT2D eigenvalue weighted by Gasteiger charge is 2.11. The maximum Gasteiger partial charge on any atom is 0.220 e. The summed E-state index contributed by atoms with van der Waals surface area (Å²) in [5, 5.41) is 3.05. The van der Waals surface area contributed by atoms with Gasteiger partial charge in [0.05, 0.1) is 0 Å². The molecule has 0 rings (SSSR count). The van der Waals surface area contributed by atoms with Crippen molar-refractivity contribution in [2.45, 2.75) is 65.7 Å². The summed E-state index contributed by atoms with van der Waals surface area (Å²) in [6.07, 6.45) is 7.35. The average Bonchev–Trinajstić information content (AvgIpc) is 2.37. The van der Waals surface area contributed by atoms with Crippen molar-refractivity contribution >= 4 is 5.91 Å². The van der Waals surface area contributed by atoms with Crippen LogP contribution in [0.2, 0.25) is 0 Å². The smallest absolute Gasteiger partial charge is 0.220 e. The molecule has 3 nitrogen and oxygen atoms in total. The number of nitrogens with one attached hydrogen (secondary N) is 1. The zero-order chi connectivity index (χ0) is 13.8. The summed E-state index contributed by atoms with van der Waals surface area (Å²) in [6.45, 7) is 8.12. The fourth-order valence-corrected chi connectivity index (χ4v) is 2.34. The molecule has 0 heterocycles. The van der Waals surface area contributed by atoms with E-state index >= 15 is 0 Å². The highest BCUT2D eigenvalue weighted by atomic mass is 16.1. The van der Waals surface area contributed by atoms with Crippen molar-refractivity contribution < 1.29 is 4.79 Å². The lowest BCUT2D eigenvalue weighted by molar-refractivity contribution is -0.121. The van der Waals surface area contributed by atoms with Crippen molar-refractivity contribution in [2.24, 2.45) is 17.6 Å². The Kier molecular flexibility index (Phi) is 11.2. The van der Waals surface area contributed by atoms with Gasteiger partial charge in [-0.25, -0.2) is 0 Å². The van der Waals surface area contributed by atoms with E-state index in [0.717, 1.165) is 38.8 Å². The van der Waals surface area contributed by atoms with Crippen LogP contribution < -0.4 is 11.1 Å². The highest BCUT2D eigenvalue weighted by molar-refractivity contribution is 5.75. The lowest BCUT2D eigenvalue weighted by Gasteiger charge is -2.16. The van der Waals surface area contributed by atoms with E-state index in [-0.39, 0.29) is 5.91 Å². The Morgan fingerprint density at radius 2 is 1.72 bits per heavy atom. The molecule has 3 heteroatoms. The van der Waals surface area contributed by atoms with Gasteiger partial charge in [-0.3, -0.25) is 4.79 Å². The molecule has 3 N–H and O–H groups in total. The highest BCUT2D eigenvalue weighted by Crippen LogP contribution is 2.16. The van der Waals surface area contributed by atoms with E-state index < -0.39 is 0 Å². The molecule has 0 saturated carbocycles. The summed E-state index contributed by atoms with van der Waals surface area (Å²) in [5.74, 6) is 1.46. The zero-order valence-corrected chi connectivity index (χ0v) is 12.5. The van der Waals surface area contributed by atoms with Crippen LogP contribution in [0, 0.1) is 11.8 Å². The van der Waals surface area contributed by atoms with Crippen molar-refractivity contribution in [3.05, 3.63) is 0 Å². The van der Waals surface area contributed by atoms with E-state index in [1.807, 2.05) is 0 Å². The average molecular weight is 256 g/mol. The number of amides is 1. The van der Waals surface area contributed by atoms with Crippen LogP contribution in [-0.4, -0.2) is 19.0 Å². The first-order valence-electron chi connectivity index (χ1n) is 7.64. The number of carbonyl (C=O) groups excluding carboxylic acids is 1. The third-order valence-electron chi connectivity index (χ3n) is 3.79. The van der Waals surface area contributed by atoms with Gasteiger partial charge >= 0.3 is 0 Å². The van der Waals surface area contributed by atoms with Gasteiger partial charge in [-0.05, 0) is 31.2 Å². The zero-order valence-electron chi connectivity index (χ0n) is 12.5. The lowest BCUT2D eigenvalue weighted by Crippen LogP contribution is -2.29. The number of carbonyl (C=O) groups is 1. The van der Waals surface area contributed by atoms with Crippen molar-refractivity contribution in [1.82, 2.24) is 5.32 Å². The Labute approximate surface area is 113 Å². The van der Waals surface area contributed by atoms with E-state index in [0.29, 0.717) is 18.3 Å². The minimum Gasteiger partial charge on any atom is -0.356 e. The van der Waals surface area contributed by atoms with E-state index in [4.69, 9.17) is 5.73 Å². The first-order valence-corrected chi connectivity index (χ1v) is 7.64. The summed E-state index contributed by atoms with van der Waals surface area (Å²) < 4.78 is 0. The van der Waals surface area contributed by atoms with Crippen LogP contribution in [0.3, 0.4) is 0 Å². The summed E-state index contributed by atoms with van der Waals surface area (Å²) in [4.78, 5) is 11.7. The topological polar surface area (TPSA) is 55.1 Å². The molecule has 0 radical (unpaired) electrons. The van der Waals surface area contributed by atoms with E-state index in [9.17, 15) is 4.79 Å². The van der Waals surface area contributed by atoms with Crippen LogP contribution in [0.4, 0.5) is 0 Å². The third kappa shape index (κ3) is 8.51. The molecule has 0 fully saturated rings. The van der Waals surface area contributed by atoms with E-state index in [1.165, 1.54) is 12.8 Å². The molecule has 0 aromatic rings. The van der Waals surface area contributed by atoms with Crippen molar-refractivity contribution in [2.75, 3.05) is 13.1 Å². The fraction of sp³-hybridized carbons (Fsp3) is 0.933. The molecule has 18 heavy (non-hydrogen) atoms. The van der Waals surface area contributed by atoms with Crippen LogP contribution in [0.25, 0.3) is 0 Å². The van der Waals surface area contributed by atoms with E-state index in [1.54, 1.807) is 0 Å². The SMILES string of the molecule is CCCC(CCN)CCC(=O)NCC(CC)CC. The maximum atomic E-state index is 11.7. The molecule has 0 aliphatic rings. The number of hydrogen-bond donors (Lipinski definition) is 2. The molecule has 0 bridgehead atoms. The molecule has 0 aliphatic carbocycles. The Morgan fingerprint density at radius 1 is 1.06 bits per heavy atom. The van der Waals surface area contributed by atoms with Gasteiger partial charge in [0.2, 0.25) is 5.91 Å². The molecular weight excluding hydrogens is 224 g/mol. The summed E-state index contributed by atoms with van der Waals surface area (Å²) in [7, 11) is 0. The van der Waals surface area contributed by atoms with Gasteiger partial charge in [0.25, 0.3) is 0 Å². The quantitative estimate of drug-likeness (QED) is 0.597. The van der Waals surface area contributed by atoms with Gasteiger partial charge in [0, 0.05) is 13.0 Å². The molecular formula is C15H32N2O. The second kappa shape index (κ2) is 11.5. The second-order valence-electron chi connectivity index (χ2n) is 5.26. The largest absolute Gasteiger partial charge is 0.356 e. The summed E-state index contributed by atoms with van der Waals surface area (Å²) in [5.41, 5.74) is 5.60. The molecule has 0 saturated heterocycles. The van der Waals surface area contributed by atoms with Gasteiger partial charge in [0.15, 0.2) is 0 Å². The molecule has 0 aliphatic heterocycles. The number of rotatable bonds is 11. The fourth-order valence-electron chi connectivity index (χ4n) is 2.34. The predicted octanol–water partition coefficient (Wildman–Crippen LogP) is 3.08. The minimum absolute atomic E-state index is 0.208. The minimum atomic E-state index is 0.208. The Morgan fingerprint density at radius 3 is 2.22 bits per heavy atom. The van der Waals surface area contributed by atoms with Gasteiger partial charge in [0.1, 0.15) is 0 Å². The Balaban J connectivity index is 3.79. The molecule has 108 valence electrons. The first-order chi connectivity index (χ1) is 8.67. The van der Waals surface area contributed by atoms with Crippen LogP contribution in [0.1, 0.15) is 65.7 Å². The van der Waals surface area contributed by atoms with Crippen molar-refractivity contribution in [3.8, 4) is 0 Å². The molecule has 1 atom stereocenters. The van der Waals surface area contributed by atoms with Crippen LogP contribution >= 0.6 is 0 Å². The third-order valence-corrected chi connectivity index (χ3v) is 3.79. The Bertz CT molecular complexity index is 197. The monoisotopic (exact) mass is 256 g/mol. The first kappa shape index (κ1) is 17.4. The number of hydrogen-bond acceptors (Lipinski definition) is 2. The van der Waals surface area contributed by atoms with E-state index in [2.05, 4.69) is 26.1 Å². The molecule has 1 amide bonds. The van der Waals surface area contributed by atoms with Crippen molar-refractivity contribution in [1.29, 1.82) is 0 Å². The molecule has 0 aromatic heterocycles. The normalized spacial score (nSPS) is 12.7. The van der Waals surface area contributed by atoms with Gasteiger partial charge in [-0.1, -0.05) is 46.5 Å². The van der Waals surface area contributed by atoms with Gasteiger partial charge in [-0.15, -0.1) is 0 Å². The molecule has 0 aromatic carbocycles. The Hall–Kier alpha value is -0.570. The van der Waals surface area contributed by atoms with Crippen LogP contribution in [0.5, 0.6) is 0 Å². The maximum absolute atomic E-state index is 11.7. The number of nitrogens with two attached hydrogens (primary N) is 1. The molecule has 1 unspecified atom stereocenters. The summed E-state index contributed by atoms with van der Waals surface area (Å²) >= 11 is 0. The van der Waals surface area contributed by atoms with Crippen LogP contribution in [-0.2, 0) is 4.79 Å². The van der Waals surface area contributed by atoms with Gasteiger partial charge < -0.3 is 11.1 Å².